The Hall–Kier alpha value is -3.74. The highest BCUT2D eigenvalue weighted by molar-refractivity contribution is 5.89. The van der Waals surface area contributed by atoms with Crippen molar-refractivity contribution in [1.29, 1.82) is 0 Å². The number of ether oxygens (including phenoxy) is 4. The molecule has 1 heterocycles. The molecule has 1 aliphatic rings. The van der Waals surface area contributed by atoms with Crippen molar-refractivity contribution < 1.29 is 28.5 Å². The van der Waals surface area contributed by atoms with Gasteiger partial charge in [-0.05, 0) is 62.4 Å². The fourth-order valence-electron chi connectivity index (χ4n) is 2.90. The van der Waals surface area contributed by atoms with E-state index in [0.717, 1.165) is 11.4 Å². The normalized spacial score (nSPS) is 13.5. The third-order valence-corrected chi connectivity index (χ3v) is 4.57. The number of methoxy groups -OCH3 is 2. The lowest BCUT2D eigenvalue weighted by Crippen LogP contribution is -2.22. The SMILES string of the molecule is COC(=O)c1ccc(OC2=C(C)NC(C)=C(Oc3ccc(C(=O)OC)cc3)C2)cc1. The molecule has 0 spiro atoms. The smallest absolute Gasteiger partial charge is 0.337 e. The van der Waals surface area contributed by atoms with Crippen molar-refractivity contribution in [3.05, 3.63) is 82.6 Å². The van der Waals surface area contributed by atoms with Crippen molar-refractivity contribution in [2.24, 2.45) is 0 Å². The first kappa shape index (κ1) is 21.0. The van der Waals surface area contributed by atoms with E-state index in [4.69, 9.17) is 18.9 Å². The summed E-state index contributed by atoms with van der Waals surface area (Å²) in [5, 5.41) is 3.26. The zero-order valence-corrected chi connectivity index (χ0v) is 17.3. The van der Waals surface area contributed by atoms with Crippen LogP contribution >= 0.6 is 0 Å². The molecule has 156 valence electrons. The van der Waals surface area contributed by atoms with Gasteiger partial charge in [-0.2, -0.15) is 0 Å². The summed E-state index contributed by atoms with van der Waals surface area (Å²) in [5.41, 5.74) is 2.65. The maximum atomic E-state index is 11.6. The van der Waals surface area contributed by atoms with E-state index in [-0.39, 0.29) is 0 Å². The van der Waals surface area contributed by atoms with E-state index in [0.29, 0.717) is 40.6 Å². The molecule has 30 heavy (non-hydrogen) atoms. The van der Waals surface area contributed by atoms with Gasteiger partial charge in [-0.1, -0.05) is 0 Å². The van der Waals surface area contributed by atoms with Crippen LogP contribution in [0.2, 0.25) is 0 Å². The molecular formula is C23H23NO6. The highest BCUT2D eigenvalue weighted by Gasteiger charge is 2.20. The third-order valence-electron chi connectivity index (χ3n) is 4.57. The lowest BCUT2D eigenvalue weighted by atomic mass is 10.1. The highest BCUT2D eigenvalue weighted by atomic mass is 16.5. The van der Waals surface area contributed by atoms with Gasteiger partial charge in [-0.25, -0.2) is 9.59 Å². The number of benzene rings is 2. The van der Waals surface area contributed by atoms with Crippen LogP contribution in [0, 0.1) is 0 Å². The summed E-state index contributed by atoms with van der Waals surface area (Å²) < 4.78 is 21.4. The molecule has 1 aliphatic heterocycles. The summed E-state index contributed by atoms with van der Waals surface area (Å²) in [5.74, 6) is 1.80. The molecule has 0 aromatic heterocycles. The van der Waals surface area contributed by atoms with Crippen LogP contribution in [-0.2, 0) is 9.47 Å². The molecule has 0 saturated heterocycles. The quantitative estimate of drug-likeness (QED) is 0.717. The van der Waals surface area contributed by atoms with Gasteiger partial charge < -0.3 is 24.3 Å². The van der Waals surface area contributed by atoms with Crippen LogP contribution in [0.5, 0.6) is 11.5 Å². The average molecular weight is 409 g/mol. The van der Waals surface area contributed by atoms with Gasteiger partial charge in [0.05, 0.1) is 43.2 Å². The molecule has 0 atom stereocenters. The van der Waals surface area contributed by atoms with Crippen LogP contribution in [0.4, 0.5) is 0 Å². The summed E-state index contributed by atoms with van der Waals surface area (Å²) in [7, 11) is 2.68. The van der Waals surface area contributed by atoms with Crippen LogP contribution in [0.1, 0.15) is 41.0 Å². The zero-order chi connectivity index (χ0) is 21.7. The van der Waals surface area contributed by atoms with E-state index in [1.54, 1.807) is 48.5 Å². The second-order valence-corrected chi connectivity index (χ2v) is 6.63. The van der Waals surface area contributed by atoms with Crippen molar-refractivity contribution >= 4 is 11.9 Å². The van der Waals surface area contributed by atoms with Gasteiger partial charge in [0.15, 0.2) is 0 Å². The molecule has 0 unspecified atom stereocenters. The lowest BCUT2D eigenvalue weighted by Gasteiger charge is -2.24. The Morgan fingerprint density at radius 1 is 0.700 bits per heavy atom. The molecular weight excluding hydrogens is 386 g/mol. The topological polar surface area (TPSA) is 83.1 Å². The molecule has 0 bridgehead atoms. The molecule has 3 rings (SSSR count). The monoisotopic (exact) mass is 409 g/mol. The molecule has 0 fully saturated rings. The molecule has 1 N–H and O–H groups in total. The molecule has 0 amide bonds. The van der Waals surface area contributed by atoms with E-state index in [9.17, 15) is 9.59 Å². The minimum atomic E-state index is -0.399. The fourth-order valence-corrected chi connectivity index (χ4v) is 2.90. The Balaban J connectivity index is 1.69. The number of nitrogens with one attached hydrogen (secondary N) is 1. The number of hydrogen-bond acceptors (Lipinski definition) is 7. The summed E-state index contributed by atoms with van der Waals surface area (Å²) >= 11 is 0. The van der Waals surface area contributed by atoms with Gasteiger partial charge in [0.2, 0.25) is 0 Å². The Labute approximate surface area is 174 Å². The van der Waals surface area contributed by atoms with Gasteiger partial charge in [-0.15, -0.1) is 0 Å². The minimum Gasteiger partial charge on any atom is -0.465 e. The number of carbonyl (C=O) groups excluding carboxylic acids is 2. The van der Waals surface area contributed by atoms with Crippen LogP contribution in [0.15, 0.2) is 71.4 Å². The number of allylic oxidation sites excluding steroid dienone is 2. The van der Waals surface area contributed by atoms with Crippen molar-refractivity contribution in [2.75, 3.05) is 14.2 Å². The van der Waals surface area contributed by atoms with E-state index in [1.165, 1.54) is 14.2 Å². The number of hydrogen-bond donors (Lipinski definition) is 1. The van der Waals surface area contributed by atoms with Crippen molar-refractivity contribution in [3.63, 3.8) is 0 Å². The minimum absolute atomic E-state index is 0.399. The highest BCUT2D eigenvalue weighted by Crippen LogP contribution is 2.28. The Bertz CT molecular complexity index is 921. The van der Waals surface area contributed by atoms with Crippen molar-refractivity contribution in [3.8, 4) is 11.5 Å². The van der Waals surface area contributed by atoms with Crippen LogP contribution < -0.4 is 14.8 Å². The van der Waals surface area contributed by atoms with Crippen LogP contribution in [0.3, 0.4) is 0 Å². The predicted molar refractivity (Wildman–Crippen MR) is 110 cm³/mol. The van der Waals surface area contributed by atoms with Crippen LogP contribution in [0.25, 0.3) is 0 Å². The lowest BCUT2D eigenvalue weighted by molar-refractivity contribution is 0.0592. The molecule has 0 saturated carbocycles. The summed E-state index contributed by atoms with van der Waals surface area (Å²) in [6, 6.07) is 13.4. The number of carbonyl (C=O) groups is 2. The molecule has 2 aromatic rings. The van der Waals surface area contributed by atoms with E-state index in [1.807, 2.05) is 13.8 Å². The van der Waals surface area contributed by atoms with Gasteiger partial charge in [0.25, 0.3) is 0 Å². The molecule has 7 heteroatoms. The van der Waals surface area contributed by atoms with E-state index < -0.39 is 11.9 Å². The molecule has 0 aliphatic carbocycles. The van der Waals surface area contributed by atoms with Gasteiger partial charge >= 0.3 is 11.9 Å². The number of dihydropyridines is 1. The van der Waals surface area contributed by atoms with Gasteiger partial charge in [0, 0.05) is 0 Å². The standard InChI is InChI=1S/C23H23NO6/c1-14-20(29-18-9-5-16(6-10-18)22(25)27-3)13-21(15(2)24-14)30-19-11-7-17(8-12-19)23(26)28-4/h5-12,24H,13H2,1-4H3. The number of esters is 2. The summed E-state index contributed by atoms with van der Waals surface area (Å²) in [6.07, 6.45) is 0.447. The Morgan fingerprint density at radius 3 is 1.40 bits per heavy atom. The maximum Gasteiger partial charge on any atom is 0.337 e. The fraction of sp³-hybridized carbons (Fsp3) is 0.217. The van der Waals surface area contributed by atoms with Crippen molar-refractivity contribution in [1.82, 2.24) is 5.32 Å². The predicted octanol–water partition coefficient (Wildman–Crippen LogP) is 4.17. The average Bonchev–Trinajstić information content (AvgIpc) is 2.77. The first-order chi connectivity index (χ1) is 14.4. The Kier molecular flexibility index (Phi) is 6.41. The first-order valence-electron chi connectivity index (χ1n) is 9.30. The van der Waals surface area contributed by atoms with Crippen LogP contribution in [-0.4, -0.2) is 26.2 Å². The molecule has 2 aromatic carbocycles. The Morgan fingerprint density at radius 2 is 1.07 bits per heavy atom. The number of rotatable bonds is 6. The second-order valence-electron chi connectivity index (χ2n) is 6.63. The van der Waals surface area contributed by atoms with Crippen molar-refractivity contribution in [2.45, 2.75) is 20.3 Å². The summed E-state index contributed by atoms with van der Waals surface area (Å²) in [6.45, 7) is 3.84. The third kappa shape index (κ3) is 4.81. The van der Waals surface area contributed by atoms with Gasteiger partial charge in [-0.3, -0.25) is 0 Å². The van der Waals surface area contributed by atoms with E-state index >= 15 is 0 Å². The molecule has 0 radical (unpaired) electrons. The van der Waals surface area contributed by atoms with Gasteiger partial charge in [0.1, 0.15) is 23.0 Å². The zero-order valence-electron chi connectivity index (χ0n) is 17.3. The summed E-state index contributed by atoms with van der Waals surface area (Å²) in [4.78, 5) is 23.1. The first-order valence-corrected chi connectivity index (χ1v) is 9.30. The second kappa shape index (κ2) is 9.17. The molecule has 7 nitrogen and oxygen atoms in total. The maximum absolute atomic E-state index is 11.6. The van der Waals surface area contributed by atoms with E-state index in [2.05, 4.69) is 5.32 Å². The largest absolute Gasteiger partial charge is 0.465 e.